The summed E-state index contributed by atoms with van der Waals surface area (Å²) in [7, 11) is 3.30. The number of amides is 2. The first kappa shape index (κ1) is 30.7. The average Bonchev–Trinajstić information content (AvgIpc) is 2.81. The van der Waals surface area contributed by atoms with Crippen molar-refractivity contribution in [2.75, 3.05) is 34.0 Å². The zero-order chi connectivity index (χ0) is 26.4. The van der Waals surface area contributed by atoms with Crippen LogP contribution in [0.4, 0.5) is 0 Å². The average molecular weight is 495 g/mol. The van der Waals surface area contributed by atoms with Crippen molar-refractivity contribution >= 4 is 11.8 Å². The maximum absolute atomic E-state index is 12.7. The van der Waals surface area contributed by atoms with Gasteiger partial charge in [-0.15, -0.1) is 0 Å². The third-order valence-electron chi connectivity index (χ3n) is 6.27. The smallest absolute Gasteiger partial charge is 0.224 e. The van der Waals surface area contributed by atoms with Crippen molar-refractivity contribution in [2.24, 2.45) is 23.0 Å². The predicted molar refractivity (Wildman–Crippen MR) is 137 cm³/mol. The fourth-order valence-electron chi connectivity index (χ4n) is 3.70. The van der Waals surface area contributed by atoms with Gasteiger partial charge in [0.2, 0.25) is 11.8 Å². The Morgan fingerprint density at radius 1 is 1.09 bits per heavy atom. The molecule has 35 heavy (non-hydrogen) atoms. The number of benzene rings is 1. The quantitative estimate of drug-likeness (QED) is 0.269. The lowest BCUT2D eigenvalue weighted by molar-refractivity contribution is -0.129. The van der Waals surface area contributed by atoms with Crippen LogP contribution in [0, 0.1) is 17.3 Å². The Labute approximate surface area is 210 Å². The van der Waals surface area contributed by atoms with Crippen molar-refractivity contribution in [3.05, 3.63) is 23.8 Å². The summed E-state index contributed by atoms with van der Waals surface area (Å²) >= 11 is 0. The van der Waals surface area contributed by atoms with E-state index in [9.17, 15) is 14.7 Å². The number of unbranched alkanes of at least 4 members (excludes halogenated alkanes) is 1. The Balaban J connectivity index is 2.51. The molecule has 0 aliphatic rings. The molecule has 1 aromatic carbocycles. The Kier molecular flexibility index (Phi) is 13.7. The zero-order valence-corrected chi connectivity index (χ0v) is 22.4. The SMILES string of the molecule is COCCCOc1cc(CCCCC(O)CC(C(=O)NCC(C)(C)C(N)=O)C(C)C)ccc1OC. The van der Waals surface area contributed by atoms with Crippen LogP contribution in [0.1, 0.15) is 65.4 Å². The fourth-order valence-corrected chi connectivity index (χ4v) is 3.70. The van der Waals surface area contributed by atoms with Gasteiger partial charge in [0, 0.05) is 32.6 Å². The van der Waals surface area contributed by atoms with Gasteiger partial charge >= 0.3 is 0 Å². The molecule has 0 bridgehead atoms. The summed E-state index contributed by atoms with van der Waals surface area (Å²) in [5, 5.41) is 13.4. The summed E-state index contributed by atoms with van der Waals surface area (Å²) in [5.74, 6) is 0.575. The van der Waals surface area contributed by atoms with E-state index in [0.29, 0.717) is 31.8 Å². The number of primary amides is 1. The van der Waals surface area contributed by atoms with Gasteiger partial charge in [-0.25, -0.2) is 0 Å². The number of aliphatic hydroxyl groups is 1. The third kappa shape index (κ3) is 11.3. The van der Waals surface area contributed by atoms with Crippen molar-refractivity contribution in [1.82, 2.24) is 5.32 Å². The summed E-state index contributed by atoms with van der Waals surface area (Å²) in [6, 6.07) is 5.96. The minimum Gasteiger partial charge on any atom is -0.493 e. The van der Waals surface area contributed by atoms with E-state index < -0.39 is 17.4 Å². The number of methoxy groups -OCH3 is 2. The van der Waals surface area contributed by atoms with E-state index in [1.165, 1.54) is 0 Å². The van der Waals surface area contributed by atoms with Crippen LogP contribution in [0.25, 0.3) is 0 Å². The number of aliphatic hydroxyl groups excluding tert-OH is 1. The maximum Gasteiger partial charge on any atom is 0.224 e. The molecule has 1 rings (SSSR count). The topological polar surface area (TPSA) is 120 Å². The fraction of sp³-hybridized carbons (Fsp3) is 0.704. The number of nitrogens with two attached hydrogens (primary N) is 1. The molecule has 4 N–H and O–H groups in total. The molecule has 0 radical (unpaired) electrons. The molecule has 0 heterocycles. The highest BCUT2D eigenvalue weighted by molar-refractivity contribution is 5.83. The van der Waals surface area contributed by atoms with Crippen molar-refractivity contribution in [3.8, 4) is 11.5 Å². The number of carbonyl (C=O) groups is 2. The largest absolute Gasteiger partial charge is 0.493 e. The number of hydrogen-bond acceptors (Lipinski definition) is 6. The summed E-state index contributed by atoms with van der Waals surface area (Å²) in [6.07, 6.45) is 3.88. The van der Waals surface area contributed by atoms with Crippen LogP contribution in [0.2, 0.25) is 0 Å². The molecule has 0 aromatic heterocycles. The predicted octanol–water partition coefficient (Wildman–Crippen LogP) is 3.47. The molecule has 0 aliphatic carbocycles. The Morgan fingerprint density at radius 3 is 2.40 bits per heavy atom. The van der Waals surface area contributed by atoms with Crippen LogP contribution in [-0.2, 0) is 20.7 Å². The van der Waals surface area contributed by atoms with Gasteiger partial charge in [0.1, 0.15) is 0 Å². The summed E-state index contributed by atoms with van der Waals surface area (Å²) in [6.45, 7) is 8.73. The third-order valence-corrected chi connectivity index (χ3v) is 6.27. The van der Waals surface area contributed by atoms with Gasteiger partial charge in [-0.2, -0.15) is 0 Å². The second-order valence-electron chi connectivity index (χ2n) is 10.1. The van der Waals surface area contributed by atoms with E-state index >= 15 is 0 Å². The van der Waals surface area contributed by atoms with Crippen LogP contribution in [-0.4, -0.2) is 57.0 Å². The van der Waals surface area contributed by atoms with Crippen LogP contribution in [0.3, 0.4) is 0 Å². The molecule has 200 valence electrons. The molecular weight excluding hydrogens is 448 g/mol. The molecule has 0 aliphatic heterocycles. The standard InChI is InChI=1S/C27H46N2O6/c1-19(2)22(25(31)29-18-27(3,4)26(28)32)17-21(30)11-8-7-10-20-12-13-23(34-6)24(16-20)35-15-9-14-33-5/h12-13,16,19,21-22,30H,7-11,14-15,17-18H2,1-6H3,(H2,28,32)(H,29,31). The van der Waals surface area contributed by atoms with Gasteiger partial charge in [-0.1, -0.05) is 26.3 Å². The van der Waals surface area contributed by atoms with Crippen LogP contribution >= 0.6 is 0 Å². The van der Waals surface area contributed by atoms with E-state index in [4.69, 9.17) is 19.9 Å². The molecule has 8 heteroatoms. The van der Waals surface area contributed by atoms with E-state index in [1.54, 1.807) is 28.1 Å². The normalized spacial score (nSPS) is 13.4. The van der Waals surface area contributed by atoms with Gasteiger partial charge in [0.05, 0.1) is 25.2 Å². The maximum atomic E-state index is 12.7. The number of aryl methyl sites for hydroxylation is 1. The van der Waals surface area contributed by atoms with Gasteiger partial charge in [0.15, 0.2) is 11.5 Å². The Hall–Kier alpha value is -2.32. The Bertz CT molecular complexity index is 781. The van der Waals surface area contributed by atoms with Crippen molar-refractivity contribution in [3.63, 3.8) is 0 Å². The second-order valence-corrected chi connectivity index (χ2v) is 10.1. The highest BCUT2D eigenvalue weighted by atomic mass is 16.5. The molecule has 1 aromatic rings. The molecule has 2 amide bonds. The van der Waals surface area contributed by atoms with Crippen molar-refractivity contribution in [1.29, 1.82) is 0 Å². The lowest BCUT2D eigenvalue weighted by Crippen LogP contribution is -2.45. The van der Waals surface area contributed by atoms with E-state index in [2.05, 4.69) is 5.32 Å². The summed E-state index contributed by atoms with van der Waals surface area (Å²) in [4.78, 5) is 24.2. The number of carbonyl (C=O) groups excluding carboxylic acids is 2. The van der Waals surface area contributed by atoms with Crippen molar-refractivity contribution < 1.29 is 28.9 Å². The van der Waals surface area contributed by atoms with Crippen LogP contribution < -0.4 is 20.5 Å². The lowest BCUT2D eigenvalue weighted by Gasteiger charge is -2.26. The number of ether oxygens (including phenoxy) is 3. The van der Waals surface area contributed by atoms with E-state index in [-0.39, 0.29) is 24.3 Å². The minimum absolute atomic E-state index is 0.0722. The second kappa shape index (κ2) is 15.6. The molecule has 2 atom stereocenters. The highest BCUT2D eigenvalue weighted by Crippen LogP contribution is 2.29. The zero-order valence-electron chi connectivity index (χ0n) is 22.4. The van der Waals surface area contributed by atoms with Crippen LogP contribution in [0.5, 0.6) is 11.5 Å². The van der Waals surface area contributed by atoms with Gasteiger partial charge in [-0.3, -0.25) is 9.59 Å². The number of rotatable bonds is 18. The summed E-state index contributed by atoms with van der Waals surface area (Å²) < 4.78 is 16.3. The van der Waals surface area contributed by atoms with Gasteiger partial charge in [0.25, 0.3) is 0 Å². The van der Waals surface area contributed by atoms with E-state index in [0.717, 1.165) is 37.0 Å². The first-order valence-electron chi connectivity index (χ1n) is 12.6. The first-order valence-corrected chi connectivity index (χ1v) is 12.6. The van der Waals surface area contributed by atoms with Crippen LogP contribution in [0.15, 0.2) is 18.2 Å². The van der Waals surface area contributed by atoms with Crippen molar-refractivity contribution in [2.45, 2.75) is 72.3 Å². The number of nitrogens with one attached hydrogen (secondary N) is 1. The number of hydrogen-bond donors (Lipinski definition) is 3. The van der Waals surface area contributed by atoms with E-state index in [1.807, 2.05) is 32.0 Å². The van der Waals surface area contributed by atoms with Gasteiger partial charge in [-0.05, 0) is 63.1 Å². The monoisotopic (exact) mass is 494 g/mol. The molecule has 2 unspecified atom stereocenters. The highest BCUT2D eigenvalue weighted by Gasteiger charge is 2.29. The molecule has 0 saturated heterocycles. The Morgan fingerprint density at radius 2 is 1.80 bits per heavy atom. The van der Waals surface area contributed by atoms with Gasteiger partial charge < -0.3 is 30.4 Å². The summed E-state index contributed by atoms with van der Waals surface area (Å²) in [5.41, 5.74) is 5.73. The molecule has 8 nitrogen and oxygen atoms in total. The molecule has 0 saturated carbocycles. The molecule has 0 spiro atoms. The molecule has 0 fully saturated rings. The first-order chi connectivity index (χ1) is 16.5. The minimum atomic E-state index is -0.813. The molecular formula is C27H46N2O6. The lowest BCUT2D eigenvalue weighted by atomic mass is 9.87.